The second-order valence-electron chi connectivity index (χ2n) is 5.28. The predicted molar refractivity (Wildman–Crippen MR) is 56.2 cm³/mol. The molecule has 0 N–H and O–H groups in total. The number of carbonyl (C=O) groups excluding carboxylic acids is 2. The smallest absolute Gasteiger partial charge is 0.327 e. The Morgan fingerprint density at radius 2 is 1.73 bits per heavy atom. The number of morpholine rings is 1. The molecular weight excluding hydrogens is 194 g/mol. The van der Waals surface area contributed by atoms with Crippen LogP contribution in [0.5, 0.6) is 0 Å². The topological polar surface area (TPSA) is 46.6 Å². The third-order valence-electron chi connectivity index (χ3n) is 2.94. The first kappa shape index (κ1) is 12.2. The lowest BCUT2D eigenvalue weighted by Crippen LogP contribution is -2.46. The fraction of sp³-hybridized carbons (Fsp3) is 0.818. The minimum absolute atomic E-state index is 0.185. The third-order valence-corrected chi connectivity index (χ3v) is 2.94. The molecule has 0 bridgehead atoms. The van der Waals surface area contributed by atoms with Crippen molar-refractivity contribution in [2.24, 2.45) is 11.3 Å². The van der Waals surface area contributed by atoms with Gasteiger partial charge in [-0.3, -0.25) is 14.5 Å². The highest BCUT2D eigenvalue weighted by Crippen LogP contribution is 2.26. The van der Waals surface area contributed by atoms with Crippen LogP contribution < -0.4 is 0 Å². The molecule has 15 heavy (non-hydrogen) atoms. The van der Waals surface area contributed by atoms with Crippen molar-refractivity contribution < 1.29 is 14.3 Å². The quantitative estimate of drug-likeness (QED) is 0.508. The maximum atomic E-state index is 11.0. The van der Waals surface area contributed by atoms with Gasteiger partial charge in [-0.2, -0.15) is 0 Å². The Balaban J connectivity index is 2.51. The summed E-state index contributed by atoms with van der Waals surface area (Å²) >= 11 is 0. The van der Waals surface area contributed by atoms with Crippen molar-refractivity contribution in [2.75, 3.05) is 19.6 Å². The monoisotopic (exact) mass is 213 g/mol. The molecule has 0 spiro atoms. The van der Waals surface area contributed by atoms with Gasteiger partial charge in [-0.25, -0.2) is 0 Å². The molecule has 0 aliphatic carbocycles. The van der Waals surface area contributed by atoms with Crippen LogP contribution in [0, 0.1) is 11.3 Å². The molecule has 1 fully saturated rings. The molecular formula is C11H19NO3. The van der Waals surface area contributed by atoms with Crippen molar-refractivity contribution in [3.63, 3.8) is 0 Å². The van der Waals surface area contributed by atoms with Crippen molar-refractivity contribution in [1.29, 1.82) is 0 Å². The van der Waals surface area contributed by atoms with Gasteiger partial charge in [0, 0.05) is 6.54 Å². The number of cyclic esters (lactones) is 2. The van der Waals surface area contributed by atoms with Crippen molar-refractivity contribution in [3.05, 3.63) is 0 Å². The molecule has 1 aliphatic rings. The fourth-order valence-electron chi connectivity index (χ4n) is 1.40. The van der Waals surface area contributed by atoms with E-state index in [9.17, 15) is 9.59 Å². The van der Waals surface area contributed by atoms with Crippen LogP contribution in [0.25, 0.3) is 0 Å². The van der Waals surface area contributed by atoms with Crippen molar-refractivity contribution in [3.8, 4) is 0 Å². The molecule has 0 aromatic carbocycles. The predicted octanol–water partition coefficient (Wildman–Crippen LogP) is 1.05. The van der Waals surface area contributed by atoms with E-state index in [-0.39, 0.29) is 18.5 Å². The molecule has 1 atom stereocenters. The van der Waals surface area contributed by atoms with E-state index in [1.807, 2.05) is 4.90 Å². The van der Waals surface area contributed by atoms with Crippen LogP contribution in [0.3, 0.4) is 0 Å². The fourth-order valence-corrected chi connectivity index (χ4v) is 1.40. The van der Waals surface area contributed by atoms with Crippen LogP contribution in [0.1, 0.15) is 27.7 Å². The lowest BCUT2D eigenvalue weighted by Gasteiger charge is -2.33. The Hall–Kier alpha value is -0.900. The average molecular weight is 213 g/mol. The van der Waals surface area contributed by atoms with E-state index in [1.54, 1.807) is 0 Å². The van der Waals surface area contributed by atoms with E-state index in [4.69, 9.17) is 0 Å². The minimum Gasteiger partial charge on any atom is -0.391 e. The molecule has 0 amide bonds. The van der Waals surface area contributed by atoms with E-state index in [0.29, 0.717) is 5.92 Å². The summed E-state index contributed by atoms with van der Waals surface area (Å²) in [7, 11) is 0. The van der Waals surface area contributed by atoms with Crippen molar-refractivity contribution >= 4 is 11.9 Å². The normalized spacial score (nSPS) is 21.3. The average Bonchev–Trinajstić information content (AvgIpc) is 1.99. The molecule has 1 aliphatic heterocycles. The molecule has 0 aromatic heterocycles. The number of esters is 2. The highest BCUT2D eigenvalue weighted by atomic mass is 16.6. The van der Waals surface area contributed by atoms with Crippen LogP contribution >= 0.6 is 0 Å². The zero-order valence-electron chi connectivity index (χ0n) is 9.87. The molecule has 86 valence electrons. The zero-order valence-corrected chi connectivity index (χ0v) is 9.87. The van der Waals surface area contributed by atoms with E-state index >= 15 is 0 Å². The first-order valence-corrected chi connectivity index (χ1v) is 5.25. The molecule has 1 saturated heterocycles. The van der Waals surface area contributed by atoms with Gasteiger partial charge < -0.3 is 4.74 Å². The summed E-state index contributed by atoms with van der Waals surface area (Å²) in [5.74, 6) is -0.448. The van der Waals surface area contributed by atoms with Gasteiger partial charge in [0.2, 0.25) is 0 Å². The molecule has 1 heterocycles. The maximum Gasteiger partial charge on any atom is 0.327 e. The van der Waals surface area contributed by atoms with Gasteiger partial charge in [0.25, 0.3) is 0 Å². The van der Waals surface area contributed by atoms with E-state index in [1.165, 1.54) is 0 Å². The maximum absolute atomic E-state index is 11.0. The Bertz CT molecular complexity index is 251. The van der Waals surface area contributed by atoms with Crippen LogP contribution in [0.4, 0.5) is 0 Å². The highest BCUT2D eigenvalue weighted by molar-refractivity contribution is 5.90. The number of hydrogen-bond acceptors (Lipinski definition) is 4. The molecule has 1 unspecified atom stereocenters. The number of rotatable bonds is 2. The second-order valence-corrected chi connectivity index (χ2v) is 5.28. The summed E-state index contributed by atoms with van der Waals surface area (Å²) in [6, 6.07) is 0. The second kappa shape index (κ2) is 4.31. The van der Waals surface area contributed by atoms with Gasteiger partial charge in [-0.15, -0.1) is 0 Å². The standard InChI is InChI=1S/C11H19NO3/c1-8(11(2,3)4)5-12-6-9(13)15-10(14)7-12/h8H,5-7H2,1-4H3. The summed E-state index contributed by atoms with van der Waals surface area (Å²) in [6.07, 6.45) is 0. The summed E-state index contributed by atoms with van der Waals surface area (Å²) in [6.45, 7) is 9.80. The van der Waals surface area contributed by atoms with E-state index < -0.39 is 11.9 Å². The Kier molecular flexibility index (Phi) is 3.50. The largest absolute Gasteiger partial charge is 0.391 e. The van der Waals surface area contributed by atoms with Crippen molar-refractivity contribution in [1.82, 2.24) is 4.90 Å². The molecule has 0 aromatic rings. The molecule has 4 heteroatoms. The molecule has 1 rings (SSSR count). The highest BCUT2D eigenvalue weighted by Gasteiger charge is 2.29. The summed E-state index contributed by atoms with van der Waals surface area (Å²) in [4.78, 5) is 23.9. The minimum atomic E-state index is -0.438. The van der Waals surface area contributed by atoms with Gasteiger partial charge in [0.1, 0.15) is 0 Å². The van der Waals surface area contributed by atoms with Crippen LogP contribution in [0.2, 0.25) is 0 Å². The van der Waals surface area contributed by atoms with Gasteiger partial charge in [0.15, 0.2) is 0 Å². The summed E-state index contributed by atoms with van der Waals surface area (Å²) < 4.78 is 4.46. The lowest BCUT2D eigenvalue weighted by molar-refractivity contribution is -0.167. The zero-order chi connectivity index (χ0) is 11.6. The van der Waals surface area contributed by atoms with Crippen LogP contribution in [0.15, 0.2) is 0 Å². The molecule has 0 saturated carbocycles. The van der Waals surface area contributed by atoms with E-state index in [2.05, 4.69) is 32.4 Å². The molecule has 0 radical (unpaired) electrons. The van der Waals surface area contributed by atoms with Gasteiger partial charge in [0.05, 0.1) is 13.1 Å². The summed E-state index contributed by atoms with van der Waals surface area (Å²) in [5, 5.41) is 0. The number of hydrogen-bond donors (Lipinski definition) is 0. The third kappa shape index (κ3) is 3.63. The lowest BCUT2D eigenvalue weighted by atomic mass is 9.82. The van der Waals surface area contributed by atoms with Gasteiger partial charge in [-0.1, -0.05) is 27.7 Å². The Morgan fingerprint density at radius 3 is 2.13 bits per heavy atom. The molecule has 4 nitrogen and oxygen atoms in total. The van der Waals surface area contributed by atoms with E-state index in [0.717, 1.165) is 6.54 Å². The first-order chi connectivity index (χ1) is 6.79. The number of carbonyl (C=O) groups is 2. The summed E-state index contributed by atoms with van der Waals surface area (Å²) in [5.41, 5.74) is 0.185. The SMILES string of the molecule is CC(CN1CC(=O)OC(=O)C1)C(C)(C)C. The Morgan fingerprint density at radius 1 is 1.27 bits per heavy atom. The first-order valence-electron chi connectivity index (χ1n) is 5.25. The van der Waals surface area contributed by atoms with Gasteiger partial charge in [-0.05, 0) is 11.3 Å². The van der Waals surface area contributed by atoms with Crippen LogP contribution in [-0.2, 0) is 14.3 Å². The Labute approximate surface area is 90.6 Å². The van der Waals surface area contributed by atoms with Crippen molar-refractivity contribution in [2.45, 2.75) is 27.7 Å². The van der Waals surface area contributed by atoms with Gasteiger partial charge >= 0.3 is 11.9 Å². The number of nitrogens with zero attached hydrogens (tertiary/aromatic N) is 1. The van der Waals surface area contributed by atoms with Crippen LogP contribution in [-0.4, -0.2) is 36.5 Å². The number of ether oxygens (including phenoxy) is 1.